The Morgan fingerprint density at radius 1 is 0.564 bits per heavy atom. The number of aryl methyl sites for hydroxylation is 2. The molecular formula is C56H80N8O12S2. The molecule has 8 atom stereocenters. The number of amides is 6. The molecule has 4 aromatic rings. The standard InChI is InChI=1S/2C28H40N4O6S/c2*1-16-22(39-15-29-16)18-10-8-17(9-11-18)20(14-33)30-24(35)21-12-19(34)13-32(21)25(36)23(27(2,3)4)31-26(37)38-28(5,6)7/h2*8-11,15,19-21,23,33-34H,12-14H2,1-7H3,(H,30,35)(H,31,37)/t19-,20+,21+,23-;19-,20-,21+,23-/m11/s1. The van der Waals surface area contributed by atoms with Gasteiger partial charge in [0.15, 0.2) is 0 Å². The smallest absolute Gasteiger partial charge is 0.408 e. The zero-order valence-electron chi connectivity index (χ0n) is 47.3. The first-order valence-corrected chi connectivity index (χ1v) is 27.8. The predicted molar refractivity (Wildman–Crippen MR) is 298 cm³/mol. The number of nitrogens with zero attached hydrogens (tertiary/aromatic N) is 4. The molecule has 0 spiro atoms. The topological polar surface area (TPSA) is 282 Å². The summed E-state index contributed by atoms with van der Waals surface area (Å²) in [6, 6.07) is 9.66. The van der Waals surface area contributed by atoms with Crippen LogP contribution in [-0.2, 0) is 28.7 Å². The lowest BCUT2D eigenvalue weighted by molar-refractivity contribution is -0.142. The second-order valence-electron chi connectivity index (χ2n) is 23.9. The number of rotatable bonds is 14. The highest BCUT2D eigenvalue weighted by Gasteiger charge is 2.47. The molecule has 2 aromatic heterocycles. The number of nitrogens with one attached hydrogen (secondary N) is 4. The van der Waals surface area contributed by atoms with Crippen LogP contribution >= 0.6 is 22.7 Å². The van der Waals surface area contributed by atoms with Crippen LogP contribution in [0, 0.1) is 24.7 Å². The van der Waals surface area contributed by atoms with E-state index in [0.717, 1.165) is 32.3 Å². The van der Waals surface area contributed by atoms with E-state index in [1.165, 1.54) is 32.5 Å². The van der Waals surface area contributed by atoms with Crippen LogP contribution in [0.5, 0.6) is 0 Å². The van der Waals surface area contributed by atoms with E-state index in [1.54, 1.807) is 94.1 Å². The second kappa shape index (κ2) is 25.8. The molecule has 20 nitrogen and oxygen atoms in total. The zero-order valence-corrected chi connectivity index (χ0v) is 48.9. The van der Waals surface area contributed by atoms with Crippen LogP contribution in [-0.4, -0.2) is 150 Å². The van der Waals surface area contributed by atoms with Crippen LogP contribution in [0.15, 0.2) is 59.6 Å². The summed E-state index contributed by atoms with van der Waals surface area (Å²) in [7, 11) is 0. The highest BCUT2D eigenvalue weighted by Crippen LogP contribution is 2.32. The number of carbonyl (C=O) groups is 6. The highest BCUT2D eigenvalue weighted by atomic mass is 32.1. The highest BCUT2D eigenvalue weighted by molar-refractivity contribution is 7.13. The van der Waals surface area contributed by atoms with Crippen molar-refractivity contribution < 1.29 is 58.7 Å². The SMILES string of the molecule is Cc1ncsc1-c1ccc([C@@H](CO)NC(=O)[C@@H]2C[C@@H](O)CN2C(=O)[C@@H](NC(=O)OC(C)(C)C)C(C)(C)C)cc1.Cc1ncsc1-c1ccc([C@H](CO)NC(=O)[C@@H]2C[C@@H](O)CN2C(=O)[C@@H](NC(=O)OC(C)(C)C)C(C)(C)C)cc1. The van der Waals surface area contributed by atoms with Gasteiger partial charge >= 0.3 is 12.2 Å². The number of aliphatic hydroxyl groups excluding tert-OH is 4. The van der Waals surface area contributed by atoms with Crippen molar-refractivity contribution in [3.63, 3.8) is 0 Å². The first kappa shape index (κ1) is 62.8. The third kappa shape index (κ3) is 17.0. The van der Waals surface area contributed by atoms with E-state index >= 15 is 0 Å². The van der Waals surface area contributed by atoms with Crippen LogP contribution in [0.1, 0.15) is 131 Å². The van der Waals surface area contributed by atoms with Gasteiger partial charge in [0.1, 0.15) is 35.4 Å². The summed E-state index contributed by atoms with van der Waals surface area (Å²) in [5.74, 6) is -1.97. The molecule has 6 amide bonds. The van der Waals surface area contributed by atoms with E-state index in [9.17, 15) is 49.2 Å². The number of hydrogen-bond donors (Lipinski definition) is 8. The molecule has 4 heterocycles. The first-order chi connectivity index (χ1) is 36.2. The molecule has 2 aliphatic heterocycles. The number of likely N-dealkylation sites (tertiary alicyclic amines) is 2. The molecule has 0 radical (unpaired) electrons. The fourth-order valence-electron chi connectivity index (χ4n) is 8.99. The van der Waals surface area contributed by atoms with E-state index < -0.39 is 106 Å². The molecule has 78 heavy (non-hydrogen) atoms. The van der Waals surface area contributed by atoms with Crippen LogP contribution in [0.25, 0.3) is 20.9 Å². The van der Waals surface area contributed by atoms with Gasteiger partial charge in [0.05, 0.1) is 69.7 Å². The third-order valence-corrected chi connectivity index (χ3v) is 14.9. The number of β-amino-alcohol motifs (C(OH)–C–C–N with tert-alkyl or cyclic N) is 2. The fraction of sp³-hybridized carbons (Fsp3) is 0.571. The first-order valence-electron chi connectivity index (χ1n) is 26.0. The van der Waals surface area contributed by atoms with Crippen LogP contribution < -0.4 is 21.3 Å². The van der Waals surface area contributed by atoms with E-state index in [0.29, 0.717) is 11.1 Å². The Kier molecular flexibility index (Phi) is 20.8. The maximum absolute atomic E-state index is 13.7. The monoisotopic (exact) mass is 1120 g/mol. The van der Waals surface area contributed by atoms with Crippen molar-refractivity contribution in [1.29, 1.82) is 0 Å². The lowest BCUT2D eigenvalue weighted by atomic mass is 9.85. The molecule has 0 bridgehead atoms. The van der Waals surface area contributed by atoms with Crippen LogP contribution in [0.3, 0.4) is 0 Å². The molecule has 0 unspecified atom stereocenters. The Balaban J connectivity index is 0.000000287. The minimum Gasteiger partial charge on any atom is -0.444 e. The fourth-order valence-corrected chi connectivity index (χ4v) is 10.6. The van der Waals surface area contributed by atoms with E-state index in [4.69, 9.17) is 9.47 Å². The van der Waals surface area contributed by atoms with Gasteiger partial charge < -0.3 is 61.0 Å². The Bertz CT molecular complexity index is 2520. The van der Waals surface area contributed by atoms with Crippen molar-refractivity contribution >= 4 is 58.5 Å². The van der Waals surface area contributed by atoms with Gasteiger partial charge in [-0.25, -0.2) is 19.6 Å². The van der Waals surface area contributed by atoms with E-state index in [1.807, 2.05) is 62.4 Å². The van der Waals surface area contributed by atoms with Gasteiger partial charge in [-0.05, 0) is 88.5 Å². The number of benzene rings is 2. The molecule has 0 saturated carbocycles. The summed E-state index contributed by atoms with van der Waals surface area (Å²) in [5, 5.41) is 51.9. The summed E-state index contributed by atoms with van der Waals surface area (Å²) < 4.78 is 10.7. The van der Waals surface area contributed by atoms with Crippen molar-refractivity contribution in [2.75, 3.05) is 26.3 Å². The lowest BCUT2D eigenvalue weighted by Crippen LogP contribution is -2.58. The molecule has 2 aliphatic rings. The van der Waals surface area contributed by atoms with Crippen molar-refractivity contribution in [3.05, 3.63) is 82.1 Å². The molecule has 2 aromatic carbocycles. The van der Waals surface area contributed by atoms with E-state index in [2.05, 4.69) is 31.2 Å². The lowest BCUT2D eigenvalue weighted by Gasteiger charge is -2.36. The zero-order chi connectivity index (χ0) is 58.2. The molecule has 2 fully saturated rings. The summed E-state index contributed by atoms with van der Waals surface area (Å²) in [6.07, 6.45) is -3.20. The van der Waals surface area contributed by atoms with Crippen molar-refractivity contribution in [2.24, 2.45) is 10.8 Å². The molecule has 6 rings (SSSR count). The largest absolute Gasteiger partial charge is 0.444 e. The van der Waals surface area contributed by atoms with Gasteiger partial charge in [-0.3, -0.25) is 19.2 Å². The maximum Gasteiger partial charge on any atom is 0.408 e. The Hall–Kier alpha value is -6.04. The van der Waals surface area contributed by atoms with Crippen LogP contribution in [0.2, 0.25) is 0 Å². The number of carbonyl (C=O) groups excluding carboxylic acids is 6. The molecule has 428 valence electrons. The predicted octanol–water partition coefficient (Wildman–Crippen LogP) is 6.34. The Labute approximate surface area is 465 Å². The van der Waals surface area contributed by atoms with Crippen LogP contribution in [0.4, 0.5) is 9.59 Å². The molecule has 8 N–H and O–H groups in total. The number of hydrogen-bond acceptors (Lipinski definition) is 16. The second-order valence-corrected chi connectivity index (χ2v) is 25.7. The number of ether oxygens (including phenoxy) is 2. The third-order valence-electron chi connectivity index (χ3n) is 12.9. The number of alkyl carbamates (subject to hydrolysis) is 2. The van der Waals surface area contributed by atoms with Crippen molar-refractivity contribution in [2.45, 2.75) is 169 Å². The van der Waals surface area contributed by atoms with Gasteiger partial charge in [-0.1, -0.05) is 90.1 Å². The quantitative estimate of drug-likeness (QED) is 0.0685. The molecule has 22 heteroatoms. The maximum atomic E-state index is 13.7. The van der Waals surface area contributed by atoms with Crippen molar-refractivity contribution in [1.82, 2.24) is 41.0 Å². The summed E-state index contributed by atoms with van der Waals surface area (Å²) in [5.41, 5.74) is 5.90. The Morgan fingerprint density at radius 2 is 0.885 bits per heavy atom. The minimum atomic E-state index is -0.996. The number of aliphatic hydroxyl groups is 4. The number of aromatic nitrogens is 2. The molecule has 2 saturated heterocycles. The minimum absolute atomic E-state index is 0.0443. The average molecular weight is 1120 g/mol. The van der Waals surface area contributed by atoms with Gasteiger partial charge in [0.25, 0.3) is 0 Å². The van der Waals surface area contributed by atoms with Gasteiger partial charge in [0.2, 0.25) is 23.6 Å². The van der Waals surface area contributed by atoms with Crippen molar-refractivity contribution in [3.8, 4) is 20.9 Å². The summed E-state index contributed by atoms with van der Waals surface area (Å²) in [6.45, 7) is 24.2. The molecular weight excluding hydrogens is 1040 g/mol. The van der Waals surface area contributed by atoms with Gasteiger partial charge in [0, 0.05) is 25.9 Å². The summed E-state index contributed by atoms with van der Waals surface area (Å²) in [4.78, 5) is 92.4. The van der Waals surface area contributed by atoms with E-state index in [-0.39, 0.29) is 39.1 Å². The van der Waals surface area contributed by atoms with Gasteiger partial charge in [-0.15, -0.1) is 22.7 Å². The summed E-state index contributed by atoms with van der Waals surface area (Å²) >= 11 is 3.08. The molecule has 0 aliphatic carbocycles. The average Bonchev–Trinajstić information content (AvgIpc) is 4.18. The number of thiazole rings is 2. The Morgan fingerprint density at radius 3 is 1.14 bits per heavy atom. The normalized spacial score (nSPS) is 19.4. The van der Waals surface area contributed by atoms with Gasteiger partial charge in [-0.2, -0.15) is 0 Å².